The summed E-state index contributed by atoms with van der Waals surface area (Å²) in [7, 11) is -10.0. The van der Waals surface area contributed by atoms with Gasteiger partial charge in [-0.1, -0.05) is 18.6 Å². The zero-order valence-corrected chi connectivity index (χ0v) is 20.3. The van der Waals surface area contributed by atoms with Gasteiger partial charge in [-0.15, -0.1) is 0 Å². The number of halogens is 6. The van der Waals surface area contributed by atoms with Crippen LogP contribution in [0.5, 0.6) is 5.75 Å². The first-order chi connectivity index (χ1) is 16.8. The Balaban J connectivity index is 1.88. The van der Waals surface area contributed by atoms with Crippen LogP contribution < -0.4 is 4.74 Å². The van der Waals surface area contributed by atoms with E-state index in [0.29, 0.717) is 0 Å². The molecule has 1 aliphatic heterocycles. The highest BCUT2D eigenvalue weighted by atomic mass is 32.2. The molecule has 198 valence electrons. The van der Waals surface area contributed by atoms with Crippen molar-refractivity contribution in [3.8, 4) is 5.75 Å². The van der Waals surface area contributed by atoms with E-state index in [9.17, 15) is 38.8 Å². The molecule has 0 unspecified atom stereocenters. The summed E-state index contributed by atoms with van der Waals surface area (Å²) in [5.41, 5.74) is -5.85. The number of hydrogen-bond donors (Lipinski definition) is 0. The minimum atomic E-state index is -5.49. The summed E-state index contributed by atoms with van der Waals surface area (Å²) in [5.74, 6) is -6.02. The minimum absolute atomic E-state index is 0.102. The summed E-state index contributed by atoms with van der Waals surface area (Å²) in [4.78, 5) is -0.301. The van der Waals surface area contributed by atoms with Crippen molar-refractivity contribution in [1.29, 1.82) is 0 Å². The number of alkyl halides is 4. The Morgan fingerprint density at radius 3 is 2.22 bits per heavy atom. The molecule has 2 aliphatic rings. The van der Waals surface area contributed by atoms with Crippen LogP contribution in [0.4, 0.5) is 26.3 Å². The first kappa shape index (κ1) is 26.8. The van der Waals surface area contributed by atoms with Crippen LogP contribution >= 0.6 is 0 Å². The van der Waals surface area contributed by atoms with Crippen molar-refractivity contribution in [2.75, 3.05) is 12.4 Å². The molecule has 13 heteroatoms. The molecular weight excluding hydrogens is 534 g/mol. The summed E-state index contributed by atoms with van der Waals surface area (Å²) in [6.45, 7) is -1.33. The van der Waals surface area contributed by atoms with Crippen molar-refractivity contribution in [2.24, 2.45) is 11.8 Å². The molecule has 1 saturated carbocycles. The third-order valence-corrected chi connectivity index (χ3v) is 11.2. The van der Waals surface area contributed by atoms with Gasteiger partial charge >= 0.3 is 5.51 Å². The molecule has 2 aromatic carbocycles. The van der Waals surface area contributed by atoms with E-state index in [2.05, 4.69) is 0 Å². The lowest BCUT2D eigenvalue weighted by Crippen LogP contribution is -2.54. The summed E-state index contributed by atoms with van der Waals surface area (Å²) in [6.07, 6.45) is -0.458. The van der Waals surface area contributed by atoms with E-state index >= 15 is 4.39 Å². The monoisotopic (exact) mass is 556 g/mol. The third-order valence-electron chi connectivity index (χ3n) is 7.16. The first-order valence-electron chi connectivity index (χ1n) is 11.1. The van der Waals surface area contributed by atoms with Gasteiger partial charge in [0.05, 0.1) is 22.8 Å². The summed E-state index contributed by atoms with van der Waals surface area (Å²) in [5, 5.41) is 0. The van der Waals surface area contributed by atoms with Crippen molar-refractivity contribution in [2.45, 2.75) is 47.5 Å². The Bertz CT molecular complexity index is 1360. The Hall–Kier alpha value is -2.28. The van der Waals surface area contributed by atoms with E-state index in [1.54, 1.807) is 0 Å². The third kappa shape index (κ3) is 4.17. The molecule has 3 atom stereocenters. The van der Waals surface area contributed by atoms with Crippen molar-refractivity contribution in [3.05, 3.63) is 59.2 Å². The highest BCUT2D eigenvalue weighted by Crippen LogP contribution is 2.58. The number of benzene rings is 2. The maximum absolute atomic E-state index is 15.3. The quantitative estimate of drug-likeness (QED) is 0.455. The number of rotatable bonds is 6. The second kappa shape index (κ2) is 9.23. The van der Waals surface area contributed by atoms with E-state index in [-0.39, 0.29) is 29.7 Å². The highest BCUT2D eigenvalue weighted by Gasteiger charge is 2.61. The topological polar surface area (TPSA) is 77.5 Å². The molecule has 0 saturated heterocycles. The summed E-state index contributed by atoms with van der Waals surface area (Å²) < 4.78 is 137. The van der Waals surface area contributed by atoms with Gasteiger partial charge in [0.1, 0.15) is 17.2 Å². The normalized spacial score (nSPS) is 24.5. The van der Waals surface area contributed by atoms with Crippen molar-refractivity contribution in [3.63, 3.8) is 0 Å². The van der Waals surface area contributed by atoms with Gasteiger partial charge in [0.25, 0.3) is 0 Å². The fourth-order valence-corrected chi connectivity index (χ4v) is 8.71. The molecular formula is C23H22F6O5S2. The molecule has 0 spiro atoms. The largest absolute Gasteiger partial charge is 0.497 e. The average molecular weight is 557 g/mol. The second-order valence-electron chi connectivity index (χ2n) is 9.03. The van der Waals surface area contributed by atoms with Crippen LogP contribution in [0.2, 0.25) is 0 Å². The molecule has 1 heterocycles. The fourth-order valence-electron chi connectivity index (χ4n) is 5.42. The van der Waals surface area contributed by atoms with E-state index in [0.717, 1.165) is 24.3 Å². The number of sulfone groups is 2. The Kier molecular flexibility index (Phi) is 6.87. The Morgan fingerprint density at radius 2 is 1.61 bits per heavy atom. The zero-order chi connectivity index (χ0) is 26.5. The number of ether oxygens (including phenoxy) is 1. The van der Waals surface area contributed by atoms with Crippen LogP contribution in [0.1, 0.15) is 36.8 Å². The van der Waals surface area contributed by atoms with E-state index in [1.165, 1.54) is 12.1 Å². The van der Waals surface area contributed by atoms with Gasteiger partial charge in [-0.25, -0.2) is 30.0 Å². The van der Waals surface area contributed by atoms with Gasteiger partial charge in [0, 0.05) is 5.92 Å². The van der Waals surface area contributed by atoms with Crippen molar-refractivity contribution < 1.29 is 47.9 Å². The van der Waals surface area contributed by atoms with Crippen LogP contribution in [0, 0.1) is 23.5 Å². The van der Waals surface area contributed by atoms with Gasteiger partial charge in [-0.2, -0.15) is 13.2 Å². The molecule has 2 aromatic rings. The van der Waals surface area contributed by atoms with E-state index in [1.807, 2.05) is 0 Å². The molecule has 1 aliphatic carbocycles. The summed E-state index contributed by atoms with van der Waals surface area (Å²) in [6, 6.07) is 6.27. The van der Waals surface area contributed by atoms with Crippen LogP contribution in [-0.2, 0) is 31.1 Å². The maximum Gasteiger partial charge on any atom is 0.497 e. The lowest BCUT2D eigenvalue weighted by molar-refractivity contribution is -0.0438. The molecule has 4 rings (SSSR count). The smallest absolute Gasteiger partial charge is 0.490 e. The molecule has 0 amide bonds. The van der Waals surface area contributed by atoms with Crippen molar-refractivity contribution in [1.82, 2.24) is 0 Å². The average Bonchev–Trinajstić information content (AvgIpc) is 2.83. The van der Waals surface area contributed by atoms with Gasteiger partial charge in [-0.3, -0.25) is 0 Å². The lowest BCUT2D eigenvalue weighted by atomic mass is 9.66. The fraction of sp³-hybridized carbons (Fsp3) is 0.478. The second-order valence-corrected chi connectivity index (χ2v) is 13.3. The summed E-state index contributed by atoms with van der Waals surface area (Å²) >= 11 is 0. The van der Waals surface area contributed by atoms with Gasteiger partial charge in [-0.05, 0) is 55.0 Å². The molecule has 0 N–H and O–H groups in total. The van der Waals surface area contributed by atoms with E-state index in [4.69, 9.17) is 4.74 Å². The molecule has 0 aromatic heterocycles. The first-order valence-corrected chi connectivity index (χ1v) is 14.2. The molecule has 0 radical (unpaired) electrons. The molecule has 5 nitrogen and oxygen atoms in total. The van der Waals surface area contributed by atoms with Crippen LogP contribution in [0.15, 0.2) is 41.3 Å². The highest BCUT2D eigenvalue weighted by molar-refractivity contribution is 7.92. The van der Waals surface area contributed by atoms with Crippen LogP contribution in [-0.4, -0.2) is 34.7 Å². The van der Waals surface area contributed by atoms with E-state index < -0.39 is 90.2 Å². The van der Waals surface area contributed by atoms with Gasteiger partial charge < -0.3 is 4.74 Å². The minimum Gasteiger partial charge on any atom is -0.490 e. The molecule has 1 fully saturated rings. The predicted molar refractivity (Wildman–Crippen MR) is 117 cm³/mol. The van der Waals surface area contributed by atoms with Gasteiger partial charge in [0.2, 0.25) is 9.84 Å². The van der Waals surface area contributed by atoms with Gasteiger partial charge in [0.15, 0.2) is 21.4 Å². The van der Waals surface area contributed by atoms with Crippen LogP contribution in [0.25, 0.3) is 0 Å². The van der Waals surface area contributed by atoms with Crippen molar-refractivity contribution >= 4 is 19.7 Å². The lowest BCUT2D eigenvalue weighted by Gasteiger charge is -2.50. The Morgan fingerprint density at radius 1 is 0.972 bits per heavy atom. The Labute approximate surface area is 204 Å². The van der Waals surface area contributed by atoms with Crippen LogP contribution in [0.3, 0.4) is 0 Å². The number of hydrogen-bond acceptors (Lipinski definition) is 5. The predicted octanol–water partition coefficient (Wildman–Crippen LogP) is 5.24. The SMILES string of the molecule is O=S(=O)(CC[C@@H]1CCC[C@@]2(S(=O)(=O)c3ccc(CF)cc3)c3c(F)ccc(F)c3OC[C@@H]12)C(F)(F)F. The maximum atomic E-state index is 15.3. The number of fused-ring (bicyclic) bond motifs is 3. The zero-order valence-electron chi connectivity index (χ0n) is 18.7. The standard InChI is InChI=1S/C23H22F6O5S2/c24-12-14-3-5-16(6-4-14)36(32,33)22-10-1-2-15(9-11-35(30,31)23(27,28)29)17(22)13-34-21-19(26)8-7-18(25)20(21)22/h3-8,15,17H,1-2,9-13H2/t15-,17-,22-/m0/s1. The molecule has 36 heavy (non-hydrogen) atoms. The molecule has 0 bridgehead atoms.